The Morgan fingerprint density at radius 3 is 2.83 bits per heavy atom. The van der Waals surface area contributed by atoms with Gasteiger partial charge >= 0.3 is 0 Å². The molecule has 0 fully saturated rings. The van der Waals surface area contributed by atoms with Crippen molar-refractivity contribution in [3.8, 4) is 0 Å². The van der Waals surface area contributed by atoms with Crippen molar-refractivity contribution in [2.45, 2.75) is 39.3 Å². The minimum Gasteiger partial charge on any atom is -0.305 e. The molecule has 3 heterocycles. The maximum atomic E-state index is 13.1. The second kappa shape index (κ2) is 5.44. The molecule has 3 aromatic rings. The molecule has 0 spiro atoms. The van der Waals surface area contributed by atoms with Gasteiger partial charge in [-0.2, -0.15) is 5.10 Å². The molecule has 1 atom stereocenters. The number of amides is 1. The summed E-state index contributed by atoms with van der Waals surface area (Å²) in [6.45, 7) is 6.21. The van der Waals surface area contributed by atoms with E-state index in [-0.39, 0.29) is 18.0 Å². The molecule has 0 N–H and O–H groups in total. The number of fused-ring (bicyclic) bond motifs is 2. The predicted octanol–water partition coefficient (Wildman–Crippen LogP) is 3.60. The van der Waals surface area contributed by atoms with Gasteiger partial charge in [-0.1, -0.05) is 18.2 Å². The van der Waals surface area contributed by atoms with Crippen LogP contribution < -0.4 is 4.90 Å². The van der Waals surface area contributed by atoms with Crippen LogP contribution in [-0.4, -0.2) is 26.7 Å². The summed E-state index contributed by atoms with van der Waals surface area (Å²) < 4.78 is 1.87. The van der Waals surface area contributed by atoms with Crippen molar-refractivity contribution in [3.63, 3.8) is 0 Å². The molecule has 5 nitrogen and oxygen atoms in total. The highest BCUT2D eigenvalue weighted by Crippen LogP contribution is 2.33. The topological polar surface area (TPSA) is 51.0 Å². The molecule has 0 saturated heterocycles. The second-order valence-corrected chi connectivity index (χ2v) is 6.68. The first-order valence-corrected chi connectivity index (χ1v) is 8.31. The zero-order chi connectivity index (χ0) is 16.8. The van der Waals surface area contributed by atoms with E-state index in [1.165, 1.54) is 5.56 Å². The molecule has 1 aromatic carbocycles. The molecule has 1 amide bonds. The Balaban J connectivity index is 1.74. The zero-order valence-electron chi connectivity index (χ0n) is 14.1. The van der Waals surface area contributed by atoms with E-state index in [1.807, 2.05) is 33.8 Å². The number of anilines is 1. The molecular weight excluding hydrogens is 300 g/mol. The third-order valence-electron chi connectivity index (χ3n) is 4.60. The van der Waals surface area contributed by atoms with Crippen molar-refractivity contribution < 1.29 is 4.79 Å². The lowest BCUT2D eigenvalue weighted by Crippen LogP contribution is -2.35. The van der Waals surface area contributed by atoms with Crippen molar-refractivity contribution in [1.82, 2.24) is 14.8 Å². The van der Waals surface area contributed by atoms with E-state index in [0.29, 0.717) is 5.56 Å². The minimum atomic E-state index is -0.000790. The molecule has 0 radical (unpaired) electrons. The SMILES string of the molecule is CC(C)n1ncc2cc(C(=O)N3c4ccccc4C[C@@H]3C)cnc21. The Morgan fingerprint density at radius 2 is 2.04 bits per heavy atom. The fourth-order valence-corrected chi connectivity index (χ4v) is 3.45. The Kier molecular flexibility index (Phi) is 3.37. The van der Waals surface area contributed by atoms with Gasteiger partial charge in [-0.3, -0.25) is 4.79 Å². The number of hydrogen-bond donors (Lipinski definition) is 0. The van der Waals surface area contributed by atoms with E-state index in [0.717, 1.165) is 23.1 Å². The molecule has 0 aliphatic carbocycles. The van der Waals surface area contributed by atoms with Gasteiger partial charge in [-0.25, -0.2) is 9.67 Å². The highest BCUT2D eigenvalue weighted by molar-refractivity contribution is 6.08. The summed E-state index contributed by atoms with van der Waals surface area (Å²) >= 11 is 0. The monoisotopic (exact) mass is 320 g/mol. The van der Waals surface area contributed by atoms with Crippen LogP contribution in [0.1, 0.15) is 42.7 Å². The largest absolute Gasteiger partial charge is 0.305 e. The third kappa shape index (κ3) is 2.19. The molecule has 4 rings (SSSR count). The molecule has 0 saturated carbocycles. The highest BCUT2D eigenvalue weighted by atomic mass is 16.2. The summed E-state index contributed by atoms with van der Waals surface area (Å²) in [5.41, 5.74) is 3.65. The van der Waals surface area contributed by atoms with Crippen LogP contribution in [0.4, 0.5) is 5.69 Å². The van der Waals surface area contributed by atoms with Crippen LogP contribution >= 0.6 is 0 Å². The van der Waals surface area contributed by atoms with Gasteiger partial charge in [0.1, 0.15) is 0 Å². The number of hydrogen-bond acceptors (Lipinski definition) is 3. The number of carbonyl (C=O) groups is 1. The fraction of sp³-hybridized carbons (Fsp3) is 0.316. The molecule has 0 bridgehead atoms. The zero-order valence-corrected chi connectivity index (χ0v) is 14.1. The summed E-state index contributed by atoms with van der Waals surface area (Å²) in [4.78, 5) is 19.4. The van der Waals surface area contributed by atoms with Crippen molar-refractivity contribution in [1.29, 1.82) is 0 Å². The Morgan fingerprint density at radius 1 is 1.25 bits per heavy atom. The van der Waals surface area contributed by atoms with Gasteiger partial charge in [-0.15, -0.1) is 0 Å². The molecule has 1 aliphatic heterocycles. The molecule has 2 aromatic heterocycles. The maximum absolute atomic E-state index is 13.1. The molecule has 122 valence electrons. The standard InChI is InChI=1S/C19H20N4O/c1-12(2)23-18-15(11-21-23)9-16(10-20-18)19(24)22-13(3)8-14-6-4-5-7-17(14)22/h4-7,9-13H,8H2,1-3H3/t13-/m0/s1. The van der Waals surface area contributed by atoms with Crippen LogP contribution in [0.2, 0.25) is 0 Å². The van der Waals surface area contributed by atoms with Crippen molar-refractivity contribution in [2.75, 3.05) is 4.90 Å². The molecule has 5 heteroatoms. The van der Waals surface area contributed by atoms with E-state index in [2.05, 4.69) is 36.9 Å². The fourth-order valence-electron chi connectivity index (χ4n) is 3.45. The van der Waals surface area contributed by atoms with Crippen LogP contribution in [0.3, 0.4) is 0 Å². The summed E-state index contributed by atoms with van der Waals surface area (Å²) in [6.07, 6.45) is 4.34. The van der Waals surface area contributed by atoms with Gasteiger partial charge in [0.05, 0.1) is 11.8 Å². The second-order valence-electron chi connectivity index (χ2n) is 6.68. The molecular formula is C19H20N4O. The van der Waals surface area contributed by atoms with E-state index in [4.69, 9.17) is 0 Å². The number of para-hydroxylation sites is 1. The number of rotatable bonds is 2. The molecule has 1 aliphatic rings. The first kappa shape index (κ1) is 14.9. The summed E-state index contributed by atoms with van der Waals surface area (Å²) in [6, 6.07) is 10.4. The van der Waals surface area contributed by atoms with Gasteiger partial charge in [0.15, 0.2) is 5.65 Å². The predicted molar refractivity (Wildman–Crippen MR) is 94.3 cm³/mol. The smallest absolute Gasteiger partial charge is 0.260 e. The highest BCUT2D eigenvalue weighted by Gasteiger charge is 2.31. The van der Waals surface area contributed by atoms with Crippen LogP contribution in [-0.2, 0) is 6.42 Å². The van der Waals surface area contributed by atoms with E-state index >= 15 is 0 Å². The number of nitrogens with zero attached hydrogens (tertiary/aromatic N) is 4. The first-order valence-electron chi connectivity index (χ1n) is 8.31. The van der Waals surface area contributed by atoms with Gasteiger partial charge in [0.25, 0.3) is 5.91 Å². The van der Waals surface area contributed by atoms with Gasteiger partial charge in [-0.05, 0) is 44.9 Å². The average molecular weight is 320 g/mol. The van der Waals surface area contributed by atoms with Crippen LogP contribution in [0.15, 0.2) is 42.7 Å². The quantitative estimate of drug-likeness (QED) is 0.725. The van der Waals surface area contributed by atoms with E-state index in [9.17, 15) is 4.79 Å². The van der Waals surface area contributed by atoms with Crippen molar-refractivity contribution >= 4 is 22.6 Å². The normalized spacial score (nSPS) is 16.8. The minimum absolute atomic E-state index is 0.000790. The van der Waals surface area contributed by atoms with E-state index in [1.54, 1.807) is 12.4 Å². The van der Waals surface area contributed by atoms with Crippen molar-refractivity contribution in [3.05, 3.63) is 53.9 Å². The summed E-state index contributed by atoms with van der Waals surface area (Å²) in [5, 5.41) is 5.27. The number of carbonyl (C=O) groups excluding carboxylic acids is 1. The Labute approximate surface area is 140 Å². The third-order valence-corrected chi connectivity index (χ3v) is 4.60. The van der Waals surface area contributed by atoms with Crippen LogP contribution in [0.5, 0.6) is 0 Å². The maximum Gasteiger partial charge on any atom is 0.260 e. The number of aromatic nitrogens is 3. The number of pyridine rings is 1. The summed E-state index contributed by atoms with van der Waals surface area (Å²) in [5.74, 6) is -0.000790. The first-order chi connectivity index (χ1) is 11.6. The molecule has 0 unspecified atom stereocenters. The Bertz CT molecular complexity index is 928. The lowest BCUT2D eigenvalue weighted by molar-refractivity contribution is 0.0981. The number of benzene rings is 1. The lowest BCUT2D eigenvalue weighted by Gasteiger charge is -2.22. The Hall–Kier alpha value is -2.69. The summed E-state index contributed by atoms with van der Waals surface area (Å²) in [7, 11) is 0. The van der Waals surface area contributed by atoms with Crippen LogP contribution in [0.25, 0.3) is 11.0 Å². The van der Waals surface area contributed by atoms with Crippen LogP contribution in [0, 0.1) is 0 Å². The average Bonchev–Trinajstić information content (AvgIpc) is 3.13. The molecule has 24 heavy (non-hydrogen) atoms. The van der Waals surface area contributed by atoms with E-state index < -0.39 is 0 Å². The van der Waals surface area contributed by atoms with Gasteiger partial charge in [0.2, 0.25) is 0 Å². The lowest BCUT2D eigenvalue weighted by atomic mass is 10.1. The van der Waals surface area contributed by atoms with Crippen molar-refractivity contribution in [2.24, 2.45) is 0 Å². The van der Waals surface area contributed by atoms with Gasteiger partial charge in [0, 0.05) is 29.4 Å². The van der Waals surface area contributed by atoms with Gasteiger partial charge < -0.3 is 4.90 Å².